The fourth-order valence-electron chi connectivity index (χ4n) is 4.66. The standard InChI is InChI=1S/C33H48FN5O/c1-10-13-14-25(6)29(32(40)26(7)34)23-39-18-17-35-27(8)33(39)36-30(12-3)28(11-2)15-16-31(24(4)5)38-21-19-37(9)20-22-38/h11-12,14-16,26,35,40H,8,17-23H2,1-7,9H3/b16-15-,25-14-,28-11+,30-12-,32-29+,36-33+. The molecule has 2 heterocycles. The molecule has 0 amide bonds. The molecule has 218 valence electrons. The molecule has 0 aromatic heterocycles. The summed E-state index contributed by atoms with van der Waals surface area (Å²) in [4.78, 5) is 11.9. The van der Waals surface area contributed by atoms with Crippen molar-refractivity contribution in [1.82, 2.24) is 20.0 Å². The van der Waals surface area contributed by atoms with E-state index in [2.05, 4.69) is 72.7 Å². The van der Waals surface area contributed by atoms with Gasteiger partial charge in [-0.3, -0.25) is 0 Å². The van der Waals surface area contributed by atoms with Crippen molar-refractivity contribution >= 4 is 5.84 Å². The molecule has 0 aliphatic carbocycles. The van der Waals surface area contributed by atoms with E-state index in [0.29, 0.717) is 30.2 Å². The molecule has 2 N–H and O–H groups in total. The number of allylic oxidation sites excluding steroid dienone is 7. The monoisotopic (exact) mass is 549 g/mol. The van der Waals surface area contributed by atoms with Crippen molar-refractivity contribution in [3.05, 3.63) is 82.1 Å². The summed E-state index contributed by atoms with van der Waals surface area (Å²) in [5, 5.41) is 14.0. The fourth-order valence-corrected chi connectivity index (χ4v) is 4.66. The van der Waals surface area contributed by atoms with Crippen LogP contribution >= 0.6 is 0 Å². The van der Waals surface area contributed by atoms with Gasteiger partial charge in [0.05, 0.1) is 11.4 Å². The number of aliphatic hydroxyl groups excluding tert-OH is 1. The van der Waals surface area contributed by atoms with Crippen molar-refractivity contribution in [3.8, 4) is 11.8 Å². The van der Waals surface area contributed by atoms with Crippen molar-refractivity contribution in [2.24, 2.45) is 4.99 Å². The van der Waals surface area contributed by atoms with Crippen molar-refractivity contribution in [3.63, 3.8) is 0 Å². The molecule has 7 heteroatoms. The Balaban J connectivity index is 2.43. The minimum Gasteiger partial charge on any atom is -0.509 e. The number of hydrogen-bond acceptors (Lipinski definition) is 5. The van der Waals surface area contributed by atoms with Gasteiger partial charge in [-0.2, -0.15) is 0 Å². The van der Waals surface area contributed by atoms with Crippen molar-refractivity contribution in [2.45, 2.75) is 54.6 Å². The SMILES string of the molecule is C=C1NCCN(CC(/C(C)=C\C#CC)=C(\O)C(C)F)/C1=N/C(=C\C)C(/C=C\C(=C(C)C)N1CCN(C)CC1)=C/C. The molecule has 2 aliphatic rings. The van der Waals surface area contributed by atoms with Crippen LogP contribution in [0.25, 0.3) is 0 Å². The molecule has 0 spiro atoms. The molecule has 2 rings (SSSR count). The second kappa shape index (κ2) is 15.9. The maximum absolute atomic E-state index is 14.2. The number of piperazine rings is 2. The number of aliphatic imine (C=N–C) groups is 1. The number of alkyl halides is 1. The lowest BCUT2D eigenvalue weighted by atomic mass is 10.0. The van der Waals surface area contributed by atoms with Crippen molar-refractivity contribution in [1.29, 1.82) is 0 Å². The van der Waals surface area contributed by atoms with Gasteiger partial charge < -0.3 is 25.1 Å². The van der Waals surface area contributed by atoms with Crippen molar-refractivity contribution < 1.29 is 9.50 Å². The topological polar surface area (TPSA) is 54.3 Å². The average Bonchev–Trinajstić information content (AvgIpc) is 2.93. The molecular formula is C33H48FN5O. The van der Waals surface area contributed by atoms with Crippen LogP contribution in [0.3, 0.4) is 0 Å². The largest absolute Gasteiger partial charge is 0.509 e. The Hall–Kier alpha value is -3.50. The lowest BCUT2D eigenvalue weighted by Gasteiger charge is -2.35. The Morgan fingerprint density at radius 3 is 2.35 bits per heavy atom. The van der Waals surface area contributed by atoms with Crippen LogP contribution in [0.4, 0.5) is 4.39 Å². The molecule has 1 atom stereocenters. The first-order valence-corrected chi connectivity index (χ1v) is 14.1. The Labute approximate surface area is 241 Å². The van der Waals surface area contributed by atoms with Crippen LogP contribution in [0.2, 0.25) is 0 Å². The normalized spacial score (nSPS) is 20.3. The molecule has 40 heavy (non-hydrogen) atoms. The molecule has 2 aliphatic heterocycles. The first-order valence-electron chi connectivity index (χ1n) is 14.1. The van der Waals surface area contributed by atoms with E-state index in [-0.39, 0.29) is 12.3 Å². The molecule has 0 saturated carbocycles. The van der Waals surface area contributed by atoms with Crippen LogP contribution in [0.1, 0.15) is 48.5 Å². The average molecular weight is 550 g/mol. The Bertz CT molecular complexity index is 1190. The molecule has 2 saturated heterocycles. The summed E-state index contributed by atoms with van der Waals surface area (Å²) in [5.41, 5.74) is 6.24. The maximum Gasteiger partial charge on any atom is 0.154 e. The Kier molecular flexibility index (Phi) is 13.0. The molecule has 1 unspecified atom stereocenters. The Morgan fingerprint density at radius 2 is 1.80 bits per heavy atom. The molecule has 0 bridgehead atoms. The van der Waals surface area contributed by atoms with Gasteiger partial charge >= 0.3 is 0 Å². The summed E-state index contributed by atoms with van der Waals surface area (Å²) in [6.07, 6.45) is 8.59. The number of halogens is 1. The van der Waals surface area contributed by atoms with E-state index in [1.165, 1.54) is 18.2 Å². The maximum atomic E-state index is 14.2. The minimum atomic E-state index is -1.49. The highest BCUT2D eigenvalue weighted by Gasteiger charge is 2.24. The summed E-state index contributed by atoms with van der Waals surface area (Å²) in [7, 11) is 2.16. The number of rotatable bonds is 9. The quantitative estimate of drug-likeness (QED) is 0.213. The second-order valence-electron chi connectivity index (χ2n) is 10.4. The molecule has 0 aromatic carbocycles. The third-order valence-corrected chi connectivity index (χ3v) is 7.12. The van der Waals surface area contributed by atoms with E-state index >= 15 is 0 Å². The minimum absolute atomic E-state index is 0.281. The van der Waals surface area contributed by atoms with Gasteiger partial charge in [0.25, 0.3) is 0 Å². The van der Waals surface area contributed by atoms with E-state index in [9.17, 15) is 9.50 Å². The second-order valence-corrected chi connectivity index (χ2v) is 10.4. The first kappa shape index (κ1) is 32.7. The van der Waals surface area contributed by atoms with Gasteiger partial charge in [-0.1, -0.05) is 36.3 Å². The third kappa shape index (κ3) is 9.02. The highest BCUT2D eigenvalue weighted by molar-refractivity contribution is 5.99. The zero-order valence-corrected chi connectivity index (χ0v) is 25.7. The van der Waals surface area contributed by atoms with Crippen LogP contribution < -0.4 is 5.32 Å². The van der Waals surface area contributed by atoms with E-state index in [1.54, 1.807) is 13.0 Å². The van der Waals surface area contributed by atoms with Crippen LogP contribution in [-0.4, -0.2) is 84.7 Å². The zero-order chi connectivity index (χ0) is 29.8. The summed E-state index contributed by atoms with van der Waals surface area (Å²) < 4.78 is 14.2. The van der Waals surface area contributed by atoms with E-state index in [0.717, 1.165) is 43.0 Å². The van der Waals surface area contributed by atoms with Crippen LogP contribution in [0.15, 0.2) is 87.1 Å². The van der Waals surface area contributed by atoms with Gasteiger partial charge in [-0.25, -0.2) is 9.38 Å². The van der Waals surface area contributed by atoms with Gasteiger partial charge in [-0.05, 0) is 78.8 Å². The number of aliphatic hydroxyl groups is 1. The highest BCUT2D eigenvalue weighted by Crippen LogP contribution is 2.23. The molecule has 2 fully saturated rings. The summed E-state index contributed by atoms with van der Waals surface area (Å²) >= 11 is 0. The van der Waals surface area contributed by atoms with E-state index < -0.39 is 6.17 Å². The first-order chi connectivity index (χ1) is 19.0. The Morgan fingerprint density at radius 1 is 1.12 bits per heavy atom. The number of amidine groups is 1. The van der Waals surface area contributed by atoms with Crippen LogP contribution in [0, 0.1) is 11.8 Å². The van der Waals surface area contributed by atoms with Gasteiger partial charge in [0, 0.05) is 57.1 Å². The summed E-state index contributed by atoms with van der Waals surface area (Å²) in [5.74, 6) is 6.12. The predicted octanol–water partition coefficient (Wildman–Crippen LogP) is 5.89. The molecule has 0 radical (unpaired) electrons. The smallest absolute Gasteiger partial charge is 0.154 e. The van der Waals surface area contributed by atoms with E-state index in [4.69, 9.17) is 4.99 Å². The van der Waals surface area contributed by atoms with Crippen molar-refractivity contribution in [2.75, 3.05) is 52.9 Å². The number of nitrogens with zero attached hydrogens (tertiary/aromatic N) is 4. The summed E-state index contributed by atoms with van der Waals surface area (Å²) in [6.45, 7) is 23.1. The van der Waals surface area contributed by atoms with Gasteiger partial charge in [0.2, 0.25) is 0 Å². The summed E-state index contributed by atoms with van der Waals surface area (Å²) in [6, 6.07) is 0. The van der Waals surface area contributed by atoms with Gasteiger partial charge in [0.15, 0.2) is 12.0 Å². The number of hydrogen-bond donors (Lipinski definition) is 2. The number of nitrogens with one attached hydrogen (secondary N) is 1. The van der Waals surface area contributed by atoms with Gasteiger partial charge in [0.1, 0.15) is 5.76 Å². The lowest BCUT2D eigenvalue weighted by Crippen LogP contribution is -2.47. The highest BCUT2D eigenvalue weighted by atomic mass is 19.1. The van der Waals surface area contributed by atoms with E-state index in [1.807, 2.05) is 31.7 Å². The molecule has 6 nitrogen and oxygen atoms in total. The zero-order valence-electron chi connectivity index (χ0n) is 25.7. The predicted molar refractivity (Wildman–Crippen MR) is 168 cm³/mol. The molecule has 0 aromatic rings. The van der Waals surface area contributed by atoms with Crippen LogP contribution in [0.5, 0.6) is 0 Å². The van der Waals surface area contributed by atoms with Crippen LogP contribution in [-0.2, 0) is 0 Å². The molecular weight excluding hydrogens is 501 g/mol. The van der Waals surface area contributed by atoms with Gasteiger partial charge in [-0.15, -0.1) is 5.92 Å². The lowest BCUT2D eigenvalue weighted by molar-refractivity contribution is 0.189. The number of likely N-dealkylation sites (N-methyl/N-ethyl adjacent to an activating group) is 1. The third-order valence-electron chi connectivity index (χ3n) is 7.12. The fraction of sp³-hybridized carbons (Fsp3) is 0.485.